The van der Waals surface area contributed by atoms with E-state index in [1.165, 1.54) is 20.2 Å². The molecule has 174 valence electrons. The van der Waals surface area contributed by atoms with Crippen LogP contribution in [0, 0.1) is 6.92 Å². The van der Waals surface area contributed by atoms with Crippen LogP contribution in [-0.4, -0.2) is 47.6 Å². The molecule has 3 aromatic heterocycles. The van der Waals surface area contributed by atoms with Crippen molar-refractivity contribution in [2.45, 2.75) is 38.9 Å². The Labute approximate surface area is 195 Å². The molecular weight excluding hydrogens is 435 g/mol. The van der Waals surface area contributed by atoms with Gasteiger partial charge in [0.1, 0.15) is 40.4 Å². The van der Waals surface area contributed by atoms with E-state index in [1.807, 2.05) is 36.7 Å². The fourth-order valence-corrected chi connectivity index (χ4v) is 4.12. The third kappa shape index (κ3) is 3.60. The summed E-state index contributed by atoms with van der Waals surface area (Å²) < 4.78 is 16.1. The van der Waals surface area contributed by atoms with E-state index in [0.717, 1.165) is 16.7 Å². The highest BCUT2D eigenvalue weighted by molar-refractivity contribution is 6.06. The van der Waals surface area contributed by atoms with Crippen LogP contribution in [0.5, 0.6) is 0 Å². The number of carbonyl (C=O) groups excluding carboxylic acids is 1. The maximum Gasteiger partial charge on any atom is 0.249 e. The molecule has 1 aromatic carbocycles. The third-order valence-corrected chi connectivity index (χ3v) is 6.09. The number of nitrogens with one attached hydrogen (secondary N) is 2. The topological polar surface area (TPSA) is 111 Å². The Morgan fingerprint density at radius 3 is 2.59 bits per heavy atom. The molecule has 1 amide bonds. The lowest BCUT2D eigenvalue weighted by molar-refractivity contribution is -0.121. The van der Waals surface area contributed by atoms with Gasteiger partial charge in [0.2, 0.25) is 5.91 Å². The molecule has 2 N–H and O–H groups in total. The maximum absolute atomic E-state index is 14.2. The van der Waals surface area contributed by atoms with Crippen LogP contribution in [0.25, 0.3) is 33.8 Å². The van der Waals surface area contributed by atoms with Crippen molar-refractivity contribution < 1.29 is 9.18 Å². The van der Waals surface area contributed by atoms with Crippen molar-refractivity contribution in [2.75, 3.05) is 11.9 Å². The lowest BCUT2D eigenvalue weighted by atomic mass is 9.90. The number of anilines is 1. The normalized spacial score (nSPS) is 17.8. The van der Waals surface area contributed by atoms with Gasteiger partial charge in [-0.15, -0.1) is 0 Å². The number of hydrogen-bond donors (Lipinski definition) is 2. The van der Waals surface area contributed by atoms with E-state index in [-0.39, 0.29) is 12.5 Å². The van der Waals surface area contributed by atoms with E-state index in [4.69, 9.17) is 4.98 Å². The molecule has 0 spiro atoms. The molecule has 34 heavy (non-hydrogen) atoms. The van der Waals surface area contributed by atoms with Crippen LogP contribution in [0.4, 0.5) is 10.1 Å². The van der Waals surface area contributed by atoms with Gasteiger partial charge in [-0.25, -0.2) is 29.3 Å². The average Bonchev–Trinajstić information content (AvgIpc) is 3.26. The predicted molar refractivity (Wildman–Crippen MR) is 127 cm³/mol. The third-order valence-electron chi connectivity index (χ3n) is 6.09. The molecule has 4 aromatic rings. The van der Waals surface area contributed by atoms with Crippen molar-refractivity contribution in [1.82, 2.24) is 34.8 Å². The van der Waals surface area contributed by atoms with Gasteiger partial charge in [-0.3, -0.25) is 10.1 Å². The zero-order valence-electron chi connectivity index (χ0n) is 19.6. The van der Waals surface area contributed by atoms with Crippen molar-refractivity contribution in [3.8, 4) is 22.6 Å². The van der Waals surface area contributed by atoms with E-state index in [1.54, 1.807) is 19.3 Å². The molecule has 10 heteroatoms. The predicted octanol–water partition coefficient (Wildman–Crippen LogP) is 3.30. The summed E-state index contributed by atoms with van der Waals surface area (Å²) in [5, 5.41) is 5.99. The fraction of sp³-hybridized carbons (Fsp3) is 0.333. The van der Waals surface area contributed by atoms with Gasteiger partial charge in [-0.05, 0) is 39.8 Å². The van der Waals surface area contributed by atoms with Gasteiger partial charge in [0.15, 0.2) is 5.65 Å². The first-order valence-corrected chi connectivity index (χ1v) is 10.9. The average molecular weight is 461 g/mol. The van der Waals surface area contributed by atoms with Gasteiger partial charge in [0, 0.05) is 42.8 Å². The van der Waals surface area contributed by atoms with Crippen LogP contribution in [0.3, 0.4) is 0 Å². The zero-order chi connectivity index (χ0) is 24.3. The summed E-state index contributed by atoms with van der Waals surface area (Å²) >= 11 is 0. The standard InChI is InChI=1S/C24H25FN8O/c1-13-26-9-15(10-27-13)20-32-19-18(28-12-29-21(19)33(20)5)14-6-7-17-16(8-14)24(4,22(34)31-17)30-11-23(2,3)25/h6-10,12,30H,11H2,1-5H3,(H,31,34). The number of nitrogens with zero attached hydrogens (tertiary/aromatic N) is 6. The van der Waals surface area contributed by atoms with E-state index in [9.17, 15) is 9.18 Å². The van der Waals surface area contributed by atoms with Crippen molar-refractivity contribution >= 4 is 22.8 Å². The summed E-state index contributed by atoms with van der Waals surface area (Å²) in [5.74, 6) is 1.12. The van der Waals surface area contributed by atoms with Crippen LogP contribution >= 0.6 is 0 Å². The molecule has 0 fully saturated rings. The first-order valence-electron chi connectivity index (χ1n) is 10.9. The summed E-state index contributed by atoms with van der Waals surface area (Å²) in [7, 11) is 1.88. The molecule has 1 unspecified atom stereocenters. The molecule has 9 nitrogen and oxygen atoms in total. The summed E-state index contributed by atoms with van der Waals surface area (Å²) in [4.78, 5) is 35.1. The summed E-state index contributed by atoms with van der Waals surface area (Å²) in [6.45, 7) is 6.56. The van der Waals surface area contributed by atoms with E-state index < -0.39 is 11.2 Å². The number of carbonyl (C=O) groups is 1. The first-order chi connectivity index (χ1) is 16.1. The maximum atomic E-state index is 14.2. The smallest absolute Gasteiger partial charge is 0.249 e. The Kier molecular flexibility index (Phi) is 4.94. The minimum absolute atomic E-state index is 0.0283. The number of benzene rings is 1. The number of alkyl halides is 1. The van der Waals surface area contributed by atoms with Gasteiger partial charge in [0.05, 0.1) is 5.56 Å². The molecular formula is C24H25FN8O. The molecule has 0 bridgehead atoms. The van der Waals surface area contributed by atoms with Crippen molar-refractivity contribution in [2.24, 2.45) is 7.05 Å². The van der Waals surface area contributed by atoms with Gasteiger partial charge >= 0.3 is 0 Å². The molecule has 1 aliphatic heterocycles. The Bertz CT molecular complexity index is 1420. The highest BCUT2D eigenvalue weighted by Gasteiger charge is 2.43. The first kappa shape index (κ1) is 22.0. The van der Waals surface area contributed by atoms with Crippen molar-refractivity contribution in [1.29, 1.82) is 0 Å². The van der Waals surface area contributed by atoms with Crippen LogP contribution in [0.2, 0.25) is 0 Å². The number of aryl methyl sites for hydroxylation is 2. The molecule has 0 saturated carbocycles. The number of amides is 1. The highest BCUT2D eigenvalue weighted by Crippen LogP contribution is 2.39. The van der Waals surface area contributed by atoms with E-state index >= 15 is 0 Å². The minimum atomic E-state index is -1.47. The van der Waals surface area contributed by atoms with Gasteiger partial charge in [0.25, 0.3) is 0 Å². The molecule has 0 saturated heterocycles. The SMILES string of the molecule is Cc1ncc(-c2nc3c(-c4ccc5c(c4)C(C)(NCC(C)(C)F)C(=O)N5)ncnc3n2C)cn1. The molecule has 1 aliphatic rings. The highest BCUT2D eigenvalue weighted by atomic mass is 19.1. The summed E-state index contributed by atoms with van der Waals surface area (Å²) in [6.07, 6.45) is 4.95. The van der Waals surface area contributed by atoms with Gasteiger partial charge < -0.3 is 9.88 Å². The molecule has 0 aliphatic carbocycles. The number of imidazole rings is 1. The minimum Gasteiger partial charge on any atom is -0.324 e. The number of fused-ring (bicyclic) bond motifs is 2. The Balaban J connectivity index is 1.61. The monoisotopic (exact) mass is 460 g/mol. The van der Waals surface area contributed by atoms with E-state index in [0.29, 0.717) is 34.2 Å². The van der Waals surface area contributed by atoms with Crippen molar-refractivity contribution in [3.63, 3.8) is 0 Å². The van der Waals surface area contributed by atoms with Crippen LogP contribution in [0.1, 0.15) is 32.2 Å². The number of rotatable bonds is 5. The quantitative estimate of drug-likeness (QED) is 0.470. The zero-order valence-corrected chi connectivity index (χ0v) is 19.6. The fourth-order valence-electron chi connectivity index (χ4n) is 4.12. The largest absolute Gasteiger partial charge is 0.324 e. The van der Waals surface area contributed by atoms with Gasteiger partial charge in [-0.1, -0.05) is 6.07 Å². The number of hydrogen-bond acceptors (Lipinski definition) is 7. The molecule has 5 rings (SSSR count). The Morgan fingerprint density at radius 1 is 1.15 bits per heavy atom. The second-order valence-electron chi connectivity index (χ2n) is 9.32. The second-order valence-corrected chi connectivity index (χ2v) is 9.32. The molecule has 0 radical (unpaired) electrons. The second kappa shape index (κ2) is 7.63. The van der Waals surface area contributed by atoms with Crippen LogP contribution in [0.15, 0.2) is 36.9 Å². The van der Waals surface area contributed by atoms with Crippen molar-refractivity contribution in [3.05, 3.63) is 48.3 Å². The number of aromatic nitrogens is 6. The van der Waals surface area contributed by atoms with Gasteiger partial charge in [-0.2, -0.15) is 0 Å². The Morgan fingerprint density at radius 2 is 1.88 bits per heavy atom. The summed E-state index contributed by atoms with van der Waals surface area (Å²) in [5.41, 5.74) is 2.34. The van der Waals surface area contributed by atoms with Crippen LogP contribution in [-0.2, 0) is 17.4 Å². The van der Waals surface area contributed by atoms with Crippen LogP contribution < -0.4 is 10.6 Å². The molecule has 4 heterocycles. The molecule has 1 atom stereocenters. The Hall–Kier alpha value is -3.79. The lowest BCUT2D eigenvalue weighted by Crippen LogP contribution is -2.49. The summed E-state index contributed by atoms with van der Waals surface area (Å²) in [6, 6.07) is 5.62. The lowest BCUT2D eigenvalue weighted by Gasteiger charge is -2.27. The van der Waals surface area contributed by atoms with E-state index in [2.05, 4.69) is 30.6 Å². The number of halogens is 1.